The number of hydrogen-bond donors (Lipinski definition) is 2. The third kappa shape index (κ3) is 4.74. The number of anilines is 3. The predicted octanol–water partition coefficient (Wildman–Crippen LogP) is 1.45. The number of ether oxygens (including phenoxy) is 1. The molecule has 28 heavy (non-hydrogen) atoms. The molecule has 9 heteroatoms. The van der Waals surface area contributed by atoms with E-state index in [9.17, 15) is 9.59 Å². The maximum Gasteiger partial charge on any atom is 0.274 e. The van der Waals surface area contributed by atoms with Crippen molar-refractivity contribution in [2.45, 2.75) is 6.92 Å². The Morgan fingerprint density at radius 2 is 1.82 bits per heavy atom. The third-order valence-corrected chi connectivity index (χ3v) is 4.48. The highest BCUT2D eigenvalue weighted by molar-refractivity contribution is 6.04. The Morgan fingerprint density at radius 1 is 1.07 bits per heavy atom. The number of amides is 2. The van der Waals surface area contributed by atoms with Crippen LogP contribution < -0.4 is 20.3 Å². The number of likely N-dealkylation sites (N-methyl/N-ethyl adjacent to an activating group) is 1. The van der Waals surface area contributed by atoms with Crippen molar-refractivity contribution in [3.05, 3.63) is 36.3 Å². The largest absolute Gasteiger partial charge is 0.495 e. The van der Waals surface area contributed by atoms with Crippen LogP contribution in [0.1, 0.15) is 17.4 Å². The average molecular weight is 384 g/mol. The lowest BCUT2D eigenvalue weighted by Gasteiger charge is -2.33. The smallest absolute Gasteiger partial charge is 0.274 e. The molecule has 1 fully saturated rings. The number of carbonyl (C=O) groups is 2. The summed E-state index contributed by atoms with van der Waals surface area (Å²) < 4.78 is 5.30. The molecule has 0 spiro atoms. The predicted molar refractivity (Wildman–Crippen MR) is 107 cm³/mol. The van der Waals surface area contributed by atoms with Gasteiger partial charge in [0, 0.05) is 44.9 Å². The molecule has 0 bridgehead atoms. The summed E-state index contributed by atoms with van der Waals surface area (Å²) in [6.07, 6.45) is 1.40. The second-order valence-electron chi connectivity index (χ2n) is 6.60. The van der Waals surface area contributed by atoms with Gasteiger partial charge in [-0.25, -0.2) is 9.97 Å². The second kappa shape index (κ2) is 8.66. The highest BCUT2D eigenvalue weighted by Gasteiger charge is 2.18. The number of nitrogens with zero attached hydrogens (tertiary/aromatic N) is 4. The zero-order chi connectivity index (χ0) is 20.1. The second-order valence-corrected chi connectivity index (χ2v) is 6.60. The van der Waals surface area contributed by atoms with Gasteiger partial charge in [0.15, 0.2) is 0 Å². The first kappa shape index (κ1) is 19.6. The van der Waals surface area contributed by atoms with E-state index in [1.165, 1.54) is 20.4 Å². The van der Waals surface area contributed by atoms with Crippen molar-refractivity contribution >= 4 is 29.0 Å². The Hall–Kier alpha value is -3.20. The summed E-state index contributed by atoms with van der Waals surface area (Å²) in [7, 11) is 3.60. The van der Waals surface area contributed by atoms with E-state index >= 15 is 0 Å². The summed E-state index contributed by atoms with van der Waals surface area (Å²) in [4.78, 5) is 36.8. The Balaban J connectivity index is 1.77. The molecule has 2 N–H and O–H groups in total. The average Bonchev–Trinajstić information content (AvgIpc) is 2.68. The number of piperazine rings is 1. The van der Waals surface area contributed by atoms with Crippen LogP contribution >= 0.6 is 0 Å². The number of carbonyl (C=O) groups excluding carboxylic acids is 2. The van der Waals surface area contributed by atoms with Crippen LogP contribution in [-0.2, 0) is 4.79 Å². The molecule has 2 heterocycles. The van der Waals surface area contributed by atoms with E-state index in [-0.39, 0.29) is 17.5 Å². The van der Waals surface area contributed by atoms with Gasteiger partial charge in [0.25, 0.3) is 5.91 Å². The molecule has 9 nitrogen and oxygen atoms in total. The molecule has 1 aliphatic rings. The maximum absolute atomic E-state index is 12.7. The van der Waals surface area contributed by atoms with E-state index in [1.807, 2.05) is 0 Å². The normalized spacial score (nSPS) is 14.5. The van der Waals surface area contributed by atoms with Crippen molar-refractivity contribution in [1.82, 2.24) is 14.9 Å². The van der Waals surface area contributed by atoms with Crippen LogP contribution in [0.5, 0.6) is 5.75 Å². The molecule has 3 rings (SSSR count). The quantitative estimate of drug-likeness (QED) is 0.805. The molecule has 1 aromatic carbocycles. The summed E-state index contributed by atoms with van der Waals surface area (Å²) in [6.45, 7) is 5.00. The first-order chi connectivity index (χ1) is 13.5. The van der Waals surface area contributed by atoms with E-state index in [4.69, 9.17) is 4.74 Å². The highest BCUT2D eigenvalue weighted by atomic mass is 16.5. The van der Waals surface area contributed by atoms with Crippen molar-refractivity contribution in [3.63, 3.8) is 0 Å². The summed E-state index contributed by atoms with van der Waals surface area (Å²) in [5, 5.41) is 5.48. The molecule has 0 radical (unpaired) electrons. The molecular weight excluding hydrogens is 360 g/mol. The van der Waals surface area contributed by atoms with Crippen LogP contribution in [0.15, 0.2) is 30.6 Å². The minimum Gasteiger partial charge on any atom is -0.495 e. The van der Waals surface area contributed by atoms with Crippen LogP contribution in [0, 0.1) is 0 Å². The Labute approximate surface area is 163 Å². The van der Waals surface area contributed by atoms with Gasteiger partial charge in [-0.05, 0) is 25.2 Å². The number of methoxy groups -OCH3 is 1. The van der Waals surface area contributed by atoms with Gasteiger partial charge in [-0.2, -0.15) is 0 Å². The Morgan fingerprint density at radius 3 is 2.50 bits per heavy atom. The number of benzene rings is 1. The Kier molecular flexibility index (Phi) is 6.05. The standard InChI is InChI=1S/C19H24N6O3/c1-13(26)22-14-4-5-17(28-3)15(10-14)23-19(27)16-11-18(21-12-20-16)25-8-6-24(2)7-9-25/h4-5,10-12H,6-9H2,1-3H3,(H,22,26)(H,23,27). The molecule has 2 aromatic rings. The summed E-state index contributed by atoms with van der Waals surface area (Å²) >= 11 is 0. The topological polar surface area (TPSA) is 99.7 Å². The lowest BCUT2D eigenvalue weighted by atomic mass is 10.2. The first-order valence-corrected chi connectivity index (χ1v) is 8.99. The fraction of sp³-hybridized carbons (Fsp3) is 0.368. The minimum absolute atomic E-state index is 0.199. The summed E-state index contributed by atoms with van der Waals surface area (Å²) in [6, 6.07) is 6.70. The van der Waals surface area contributed by atoms with Gasteiger partial charge in [-0.15, -0.1) is 0 Å². The van der Waals surface area contributed by atoms with E-state index in [0.29, 0.717) is 17.1 Å². The molecular formula is C19H24N6O3. The van der Waals surface area contributed by atoms with E-state index in [0.717, 1.165) is 32.0 Å². The van der Waals surface area contributed by atoms with E-state index in [1.54, 1.807) is 24.3 Å². The van der Waals surface area contributed by atoms with Crippen LogP contribution in [0.4, 0.5) is 17.2 Å². The van der Waals surface area contributed by atoms with Gasteiger partial charge in [0.2, 0.25) is 5.91 Å². The van der Waals surface area contributed by atoms with Gasteiger partial charge in [0.05, 0.1) is 12.8 Å². The zero-order valence-electron chi connectivity index (χ0n) is 16.2. The van der Waals surface area contributed by atoms with Crippen molar-refractivity contribution in [2.24, 2.45) is 0 Å². The summed E-state index contributed by atoms with van der Waals surface area (Å²) in [5.74, 6) is 0.633. The van der Waals surface area contributed by atoms with E-state index < -0.39 is 0 Å². The SMILES string of the molecule is COc1ccc(NC(C)=O)cc1NC(=O)c1cc(N2CCN(C)CC2)ncn1. The minimum atomic E-state index is -0.379. The molecule has 2 amide bonds. The first-order valence-electron chi connectivity index (χ1n) is 8.99. The lowest BCUT2D eigenvalue weighted by Crippen LogP contribution is -2.44. The molecule has 1 saturated heterocycles. The highest BCUT2D eigenvalue weighted by Crippen LogP contribution is 2.28. The number of nitrogens with one attached hydrogen (secondary N) is 2. The third-order valence-electron chi connectivity index (χ3n) is 4.48. The molecule has 0 atom stereocenters. The fourth-order valence-corrected chi connectivity index (χ4v) is 2.95. The van der Waals surface area contributed by atoms with Gasteiger partial charge in [-0.3, -0.25) is 9.59 Å². The van der Waals surface area contributed by atoms with Crippen LogP contribution in [0.25, 0.3) is 0 Å². The van der Waals surface area contributed by atoms with Crippen LogP contribution in [0.3, 0.4) is 0 Å². The van der Waals surface area contributed by atoms with Crippen LogP contribution in [0.2, 0.25) is 0 Å². The van der Waals surface area contributed by atoms with E-state index in [2.05, 4.69) is 37.4 Å². The molecule has 0 aliphatic carbocycles. The Bertz CT molecular complexity index is 864. The van der Waals surface area contributed by atoms with Gasteiger partial charge in [0.1, 0.15) is 23.6 Å². The number of hydrogen-bond acceptors (Lipinski definition) is 7. The van der Waals surface area contributed by atoms with Crippen molar-refractivity contribution < 1.29 is 14.3 Å². The maximum atomic E-state index is 12.7. The zero-order valence-corrected chi connectivity index (χ0v) is 16.2. The van der Waals surface area contributed by atoms with Crippen LogP contribution in [-0.4, -0.2) is 67.0 Å². The van der Waals surface area contributed by atoms with Crippen molar-refractivity contribution in [3.8, 4) is 5.75 Å². The molecule has 0 unspecified atom stereocenters. The summed E-state index contributed by atoms with van der Waals surface area (Å²) in [5.41, 5.74) is 1.26. The van der Waals surface area contributed by atoms with Crippen molar-refractivity contribution in [1.29, 1.82) is 0 Å². The molecule has 1 aliphatic heterocycles. The molecule has 148 valence electrons. The molecule has 0 saturated carbocycles. The number of rotatable bonds is 5. The van der Waals surface area contributed by atoms with Gasteiger partial charge in [-0.1, -0.05) is 0 Å². The van der Waals surface area contributed by atoms with Gasteiger partial charge >= 0.3 is 0 Å². The lowest BCUT2D eigenvalue weighted by molar-refractivity contribution is -0.114. The molecule has 1 aromatic heterocycles. The van der Waals surface area contributed by atoms with Crippen molar-refractivity contribution in [2.75, 3.05) is 55.9 Å². The monoisotopic (exact) mass is 384 g/mol. The van der Waals surface area contributed by atoms with Gasteiger partial charge < -0.3 is 25.2 Å². The number of aromatic nitrogens is 2. The fourth-order valence-electron chi connectivity index (χ4n) is 2.95.